The summed E-state index contributed by atoms with van der Waals surface area (Å²) in [6.45, 7) is 3.52. The maximum atomic E-state index is 12.2. The van der Waals surface area contributed by atoms with Crippen LogP contribution in [0.3, 0.4) is 0 Å². The largest absolute Gasteiger partial charge is 0.463 e. The van der Waals surface area contributed by atoms with Crippen LogP contribution in [-0.4, -0.2) is 30.9 Å². The van der Waals surface area contributed by atoms with Gasteiger partial charge in [-0.2, -0.15) is 0 Å². The van der Waals surface area contributed by atoms with Crippen molar-refractivity contribution in [2.24, 2.45) is 0 Å². The molecule has 106 valence electrons. The second-order valence-electron chi connectivity index (χ2n) is 3.73. The normalized spacial score (nSPS) is 10.8. The average Bonchev–Trinajstić information content (AvgIpc) is 2.45. The summed E-state index contributed by atoms with van der Waals surface area (Å²) < 4.78 is 9.50. The summed E-state index contributed by atoms with van der Waals surface area (Å²) in [5.74, 6) is -2.16. The van der Waals surface area contributed by atoms with Crippen LogP contribution < -0.4 is 0 Å². The Balaban J connectivity index is 3.08. The van der Waals surface area contributed by atoms with E-state index in [0.717, 1.165) is 6.08 Å². The van der Waals surface area contributed by atoms with Gasteiger partial charge in [0.1, 0.15) is 5.57 Å². The molecule has 0 saturated heterocycles. The van der Waals surface area contributed by atoms with Crippen LogP contribution in [0.15, 0.2) is 42.0 Å². The van der Waals surface area contributed by atoms with E-state index in [2.05, 4.69) is 0 Å². The number of Topliss-reactive ketones (excluding diaryl/α,β-unsaturated/α-hetero) is 1. The monoisotopic (exact) mass is 276 g/mol. The fraction of sp³-hybridized carbons (Fsp3) is 0.267. The zero-order valence-corrected chi connectivity index (χ0v) is 11.4. The van der Waals surface area contributed by atoms with Crippen molar-refractivity contribution in [2.45, 2.75) is 13.8 Å². The molecule has 0 aliphatic rings. The van der Waals surface area contributed by atoms with Crippen LogP contribution in [0, 0.1) is 0 Å². The molecular weight excluding hydrogens is 260 g/mol. The Kier molecular flexibility index (Phi) is 6.16. The maximum Gasteiger partial charge on any atom is 0.342 e. The zero-order chi connectivity index (χ0) is 15.0. The molecule has 0 spiro atoms. The summed E-state index contributed by atoms with van der Waals surface area (Å²) in [5.41, 5.74) is -0.0346. The minimum Gasteiger partial charge on any atom is -0.463 e. The first kappa shape index (κ1) is 15.6. The lowest BCUT2D eigenvalue weighted by Gasteiger charge is -2.06. The van der Waals surface area contributed by atoms with Gasteiger partial charge in [-0.3, -0.25) is 4.79 Å². The highest BCUT2D eigenvalue weighted by atomic mass is 16.5. The topological polar surface area (TPSA) is 69.7 Å². The molecule has 0 amide bonds. The van der Waals surface area contributed by atoms with E-state index >= 15 is 0 Å². The molecule has 0 heterocycles. The average molecular weight is 276 g/mol. The maximum absolute atomic E-state index is 12.2. The van der Waals surface area contributed by atoms with Gasteiger partial charge in [-0.15, -0.1) is 0 Å². The smallest absolute Gasteiger partial charge is 0.342 e. The molecule has 1 aromatic rings. The van der Waals surface area contributed by atoms with Crippen LogP contribution in [-0.2, 0) is 19.1 Å². The summed E-state index contributed by atoms with van der Waals surface area (Å²) in [4.78, 5) is 35.4. The molecule has 0 atom stereocenters. The molecule has 1 rings (SSSR count). The van der Waals surface area contributed by atoms with Gasteiger partial charge in [0.2, 0.25) is 5.78 Å². The number of esters is 2. The van der Waals surface area contributed by atoms with Gasteiger partial charge in [0.25, 0.3) is 0 Å². The number of rotatable bonds is 6. The summed E-state index contributed by atoms with van der Waals surface area (Å²) in [6, 6.07) is 8.19. The third-order valence-electron chi connectivity index (χ3n) is 2.32. The molecule has 0 aromatic heterocycles. The Bertz CT molecular complexity index is 516. The highest BCUT2D eigenvalue weighted by Gasteiger charge is 2.22. The van der Waals surface area contributed by atoms with Crippen LogP contribution in [0.1, 0.15) is 24.2 Å². The minimum absolute atomic E-state index is 0.112. The zero-order valence-electron chi connectivity index (χ0n) is 11.4. The van der Waals surface area contributed by atoms with E-state index in [-0.39, 0.29) is 18.8 Å². The molecule has 20 heavy (non-hydrogen) atoms. The highest BCUT2D eigenvalue weighted by molar-refractivity contribution is 6.26. The second-order valence-corrected chi connectivity index (χ2v) is 3.73. The quantitative estimate of drug-likeness (QED) is 0.261. The van der Waals surface area contributed by atoms with Gasteiger partial charge in [0, 0.05) is 11.6 Å². The third-order valence-corrected chi connectivity index (χ3v) is 2.32. The summed E-state index contributed by atoms with van der Waals surface area (Å²) >= 11 is 0. The number of carbonyl (C=O) groups excluding carboxylic acids is 3. The Morgan fingerprint density at radius 1 is 1.00 bits per heavy atom. The summed E-state index contributed by atoms with van der Waals surface area (Å²) in [7, 11) is 0. The fourth-order valence-corrected chi connectivity index (χ4v) is 1.47. The van der Waals surface area contributed by atoms with Crippen molar-refractivity contribution in [1.82, 2.24) is 0 Å². The van der Waals surface area contributed by atoms with Crippen LogP contribution in [0.25, 0.3) is 0 Å². The number of hydrogen-bond acceptors (Lipinski definition) is 5. The number of ether oxygens (including phenoxy) is 2. The van der Waals surface area contributed by atoms with Gasteiger partial charge in [-0.25, -0.2) is 9.59 Å². The van der Waals surface area contributed by atoms with Gasteiger partial charge in [-0.05, 0) is 13.8 Å². The second kappa shape index (κ2) is 7.89. The highest BCUT2D eigenvalue weighted by Crippen LogP contribution is 2.10. The van der Waals surface area contributed by atoms with Crippen molar-refractivity contribution in [3.8, 4) is 0 Å². The van der Waals surface area contributed by atoms with Crippen molar-refractivity contribution in [1.29, 1.82) is 0 Å². The van der Waals surface area contributed by atoms with Crippen molar-refractivity contribution >= 4 is 17.7 Å². The van der Waals surface area contributed by atoms with Crippen LogP contribution in [0.2, 0.25) is 0 Å². The Labute approximate surface area is 117 Å². The van der Waals surface area contributed by atoms with Gasteiger partial charge in [0.15, 0.2) is 0 Å². The standard InChI is InChI=1S/C15H16O5/c1-3-19-13(16)10-12(15(18)20-4-2)14(17)11-8-6-5-7-9-11/h5-10H,3-4H2,1-2H3. The molecule has 0 saturated carbocycles. The van der Waals surface area contributed by atoms with Crippen LogP contribution in [0.4, 0.5) is 0 Å². The van der Waals surface area contributed by atoms with E-state index in [1.165, 1.54) is 0 Å². The van der Waals surface area contributed by atoms with Crippen molar-refractivity contribution in [2.75, 3.05) is 13.2 Å². The number of ketones is 1. The van der Waals surface area contributed by atoms with Gasteiger partial charge in [-0.1, -0.05) is 30.3 Å². The van der Waals surface area contributed by atoms with Crippen molar-refractivity contribution in [3.63, 3.8) is 0 Å². The molecule has 0 unspecified atom stereocenters. The SMILES string of the molecule is CCOC(=O)C=C(C(=O)OCC)C(=O)c1ccccc1. The van der Waals surface area contributed by atoms with Crippen LogP contribution >= 0.6 is 0 Å². The molecule has 0 bridgehead atoms. The first-order valence-electron chi connectivity index (χ1n) is 6.25. The molecule has 0 aliphatic heterocycles. The van der Waals surface area contributed by atoms with Gasteiger partial charge < -0.3 is 9.47 Å². The fourth-order valence-electron chi connectivity index (χ4n) is 1.47. The van der Waals surface area contributed by atoms with Gasteiger partial charge >= 0.3 is 11.9 Å². The number of carbonyl (C=O) groups is 3. The molecule has 0 N–H and O–H groups in total. The third kappa shape index (κ3) is 4.35. The molecular formula is C15H16O5. The predicted molar refractivity (Wildman–Crippen MR) is 72.1 cm³/mol. The Morgan fingerprint density at radius 3 is 2.15 bits per heavy atom. The molecule has 0 aliphatic carbocycles. The Morgan fingerprint density at radius 2 is 1.60 bits per heavy atom. The lowest BCUT2D eigenvalue weighted by Crippen LogP contribution is -2.18. The van der Waals surface area contributed by atoms with E-state index < -0.39 is 17.7 Å². The predicted octanol–water partition coefficient (Wildman–Crippen LogP) is 1.92. The first-order chi connectivity index (χ1) is 9.60. The molecule has 0 fully saturated rings. The van der Waals surface area contributed by atoms with E-state index in [0.29, 0.717) is 5.56 Å². The number of hydrogen-bond donors (Lipinski definition) is 0. The number of benzene rings is 1. The van der Waals surface area contributed by atoms with Crippen LogP contribution in [0.5, 0.6) is 0 Å². The summed E-state index contributed by atoms with van der Waals surface area (Å²) in [5, 5.41) is 0. The van der Waals surface area contributed by atoms with E-state index in [4.69, 9.17) is 9.47 Å². The Hall–Kier alpha value is -2.43. The summed E-state index contributed by atoms with van der Waals surface area (Å²) in [6.07, 6.45) is 0.872. The first-order valence-corrected chi connectivity index (χ1v) is 6.25. The van der Waals surface area contributed by atoms with E-state index in [9.17, 15) is 14.4 Å². The molecule has 5 heteroatoms. The lowest BCUT2D eigenvalue weighted by molar-refractivity contribution is -0.140. The van der Waals surface area contributed by atoms with E-state index in [1.54, 1.807) is 44.2 Å². The lowest BCUT2D eigenvalue weighted by atomic mass is 10.0. The van der Waals surface area contributed by atoms with Crippen molar-refractivity contribution in [3.05, 3.63) is 47.5 Å². The van der Waals surface area contributed by atoms with E-state index in [1.807, 2.05) is 0 Å². The minimum atomic E-state index is -0.839. The van der Waals surface area contributed by atoms with Crippen molar-refractivity contribution < 1.29 is 23.9 Å². The molecule has 5 nitrogen and oxygen atoms in total. The molecule has 1 aromatic carbocycles. The van der Waals surface area contributed by atoms with Gasteiger partial charge in [0.05, 0.1) is 13.2 Å². The molecule has 0 radical (unpaired) electrons.